The molecule has 3 rings (SSSR count). The summed E-state index contributed by atoms with van der Waals surface area (Å²) in [5.74, 6) is 0.527. The number of para-hydroxylation sites is 1. The fourth-order valence-electron chi connectivity index (χ4n) is 1.87. The van der Waals surface area contributed by atoms with E-state index in [1.807, 2.05) is 12.1 Å². The van der Waals surface area contributed by atoms with E-state index in [0.717, 1.165) is 5.39 Å². The Morgan fingerprint density at radius 2 is 2.26 bits per heavy atom. The summed E-state index contributed by atoms with van der Waals surface area (Å²) in [6.07, 6.45) is 0. The molecule has 0 aliphatic carbocycles. The lowest BCUT2D eigenvalue weighted by molar-refractivity contribution is 0.407. The first-order valence-corrected chi connectivity index (χ1v) is 6.39. The van der Waals surface area contributed by atoms with E-state index in [1.54, 1.807) is 17.5 Å². The van der Waals surface area contributed by atoms with E-state index in [9.17, 15) is 4.79 Å². The Balaban J connectivity index is 2.29. The number of thiazole rings is 1. The molecule has 0 fully saturated rings. The minimum Gasteiger partial charge on any atom is -0.493 e. The standard InChI is InChI=1S/C13H10N2O3S/c1-17-10-4-2-3-7-5-8(12(16)18-11(7)10)9-6-19-13(14)15-9/h2-6H,1H3,(H2,14,15). The highest BCUT2D eigenvalue weighted by molar-refractivity contribution is 7.13. The van der Waals surface area contributed by atoms with Crippen molar-refractivity contribution in [1.82, 2.24) is 4.98 Å². The minimum absolute atomic E-state index is 0.397. The molecule has 0 atom stereocenters. The molecule has 0 spiro atoms. The summed E-state index contributed by atoms with van der Waals surface area (Å²) >= 11 is 1.28. The second-order valence-electron chi connectivity index (χ2n) is 3.90. The van der Waals surface area contributed by atoms with Crippen LogP contribution in [0.15, 0.2) is 38.9 Å². The molecule has 0 unspecified atom stereocenters. The van der Waals surface area contributed by atoms with Crippen LogP contribution < -0.4 is 16.1 Å². The van der Waals surface area contributed by atoms with E-state index in [-0.39, 0.29) is 0 Å². The van der Waals surface area contributed by atoms with Crippen LogP contribution in [0.2, 0.25) is 0 Å². The molecule has 6 heteroatoms. The average molecular weight is 274 g/mol. The molecular weight excluding hydrogens is 264 g/mol. The number of hydrogen-bond donors (Lipinski definition) is 1. The van der Waals surface area contributed by atoms with Gasteiger partial charge in [-0.15, -0.1) is 11.3 Å². The second kappa shape index (κ2) is 4.40. The van der Waals surface area contributed by atoms with Gasteiger partial charge in [-0.3, -0.25) is 0 Å². The van der Waals surface area contributed by atoms with Crippen LogP contribution in [0.3, 0.4) is 0 Å². The largest absolute Gasteiger partial charge is 0.493 e. The summed E-state index contributed by atoms with van der Waals surface area (Å²) in [6.45, 7) is 0. The molecule has 96 valence electrons. The van der Waals surface area contributed by atoms with Gasteiger partial charge in [-0.05, 0) is 12.1 Å². The molecule has 2 N–H and O–H groups in total. The number of anilines is 1. The number of hydrogen-bond acceptors (Lipinski definition) is 6. The van der Waals surface area contributed by atoms with Gasteiger partial charge in [0.25, 0.3) is 0 Å². The van der Waals surface area contributed by atoms with Crippen molar-refractivity contribution in [1.29, 1.82) is 0 Å². The van der Waals surface area contributed by atoms with E-state index in [1.165, 1.54) is 18.4 Å². The molecular formula is C13H10N2O3S. The van der Waals surface area contributed by atoms with Crippen LogP contribution in [0.4, 0.5) is 5.13 Å². The number of nitrogens with zero attached hydrogens (tertiary/aromatic N) is 1. The second-order valence-corrected chi connectivity index (χ2v) is 4.79. The van der Waals surface area contributed by atoms with Gasteiger partial charge in [-0.25, -0.2) is 9.78 Å². The number of aromatic nitrogens is 1. The van der Waals surface area contributed by atoms with Gasteiger partial charge >= 0.3 is 5.63 Å². The van der Waals surface area contributed by atoms with Crippen LogP contribution in [0.25, 0.3) is 22.2 Å². The number of fused-ring (bicyclic) bond motifs is 1. The van der Waals surface area contributed by atoms with Gasteiger partial charge < -0.3 is 14.9 Å². The number of nitrogen functional groups attached to an aromatic ring is 1. The summed E-state index contributed by atoms with van der Waals surface area (Å²) in [5.41, 5.74) is 6.48. The summed E-state index contributed by atoms with van der Waals surface area (Å²) in [4.78, 5) is 16.1. The number of nitrogens with two attached hydrogens (primary N) is 1. The van der Waals surface area contributed by atoms with Crippen molar-refractivity contribution in [2.75, 3.05) is 12.8 Å². The van der Waals surface area contributed by atoms with Crippen LogP contribution in [0.1, 0.15) is 0 Å². The van der Waals surface area contributed by atoms with Gasteiger partial charge in [-0.2, -0.15) is 0 Å². The summed E-state index contributed by atoms with van der Waals surface area (Å²) in [6, 6.07) is 7.16. The van der Waals surface area contributed by atoms with Crippen LogP contribution in [-0.4, -0.2) is 12.1 Å². The van der Waals surface area contributed by atoms with E-state index < -0.39 is 5.63 Å². The zero-order valence-corrected chi connectivity index (χ0v) is 10.9. The first-order valence-electron chi connectivity index (χ1n) is 5.51. The molecule has 0 amide bonds. The third-order valence-corrected chi connectivity index (χ3v) is 3.42. The average Bonchev–Trinajstić information content (AvgIpc) is 2.84. The fourth-order valence-corrected chi connectivity index (χ4v) is 2.43. The smallest absolute Gasteiger partial charge is 0.345 e. The number of benzene rings is 1. The zero-order valence-electron chi connectivity index (χ0n) is 10.0. The lowest BCUT2D eigenvalue weighted by atomic mass is 10.1. The van der Waals surface area contributed by atoms with Crippen molar-refractivity contribution in [3.63, 3.8) is 0 Å². The van der Waals surface area contributed by atoms with Crippen molar-refractivity contribution in [3.8, 4) is 17.0 Å². The molecule has 0 bridgehead atoms. The summed E-state index contributed by atoms with van der Waals surface area (Å²) in [7, 11) is 1.53. The lowest BCUT2D eigenvalue weighted by Gasteiger charge is -2.04. The highest BCUT2D eigenvalue weighted by Gasteiger charge is 2.12. The molecule has 0 radical (unpaired) electrons. The molecule has 1 aromatic carbocycles. The third kappa shape index (κ3) is 1.96. The lowest BCUT2D eigenvalue weighted by Crippen LogP contribution is -2.03. The fraction of sp³-hybridized carbons (Fsp3) is 0.0769. The van der Waals surface area contributed by atoms with Crippen molar-refractivity contribution in [2.45, 2.75) is 0 Å². The highest BCUT2D eigenvalue weighted by atomic mass is 32.1. The van der Waals surface area contributed by atoms with Crippen LogP contribution >= 0.6 is 11.3 Å². The molecule has 3 aromatic rings. The van der Waals surface area contributed by atoms with Gasteiger partial charge in [0.1, 0.15) is 0 Å². The Morgan fingerprint density at radius 1 is 1.42 bits per heavy atom. The molecule has 5 nitrogen and oxygen atoms in total. The Morgan fingerprint density at radius 3 is 2.95 bits per heavy atom. The third-order valence-electron chi connectivity index (χ3n) is 2.74. The molecule has 2 aromatic heterocycles. The molecule has 0 saturated heterocycles. The summed E-state index contributed by atoms with van der Waals surface area (Å²) < 4.78 is 10.5. The quantitative estimate of drug-likeness (QED) is 0.726. The number of methoxy groups -OCH3 is 1. The molecule has 0 aliphatic heterocycles. The maximum absolute atomic E-state index is 12.0. The maximum Gasteiger partial charge on any atom is 0.345 e. The predicted octanol–water partition coefficient (Wildman–Crippen LogP) is 2.51. The molecule has 0 aliphatic rings. The highest BCUT2D eigenvalue weighted by Crippen LogP contribution is 2.28. The van der Waals surface area contributed by atoms with Crippen LogP contribution in [-0.2, 0) is 0 Å². The zero-order chi connectivity index (χ0) is 13.4. The first kappa shape index (κ1) is 11.7. The van der Waals surface area contributed by atoms with Gasteiger partial charge in [0.2, 0.25) is 0 Å². The molecule has 19 heavy (non-hydrogen) atoms. The minimum atomic E-state index is -0.456. The predicted molar refractivity (Wildman–Crippen MR) is 74.6 cm³/mol. The first-order chi connectivity index (χ1) is 9.19. The van der Waals surface area contributed by atoms with Crippen LogP contribution in [0, 0.1) is 0 Å². The van der Waals surface area contributed by atoms with Crippen LogP contribution in [0.5, 0.6) is 5.75 Å². The Kier molecular flexibility index (Phi) is 2.72. The summed E-state index contributed by atoms with van der Waals surface area (Å²) in [5, 5.41) is 2.92. The van der Waals surface area contributed by atoms with Gasteiger partial charge in [0.05, 0.1) is 18.4 Å². The molecule has 0 saturated carbocycles. The van der Waals surface area contributed by atoms with Gasteiger partial charge in [0, 0.05) is 10.8 Å². The van der Waals surface area contributed by atoms with E-state index in [4.69, 9.17) is 14.9 Å². The van der Waals surface area contributed by atoms with E-state index in [2.05, 4.69) is 4.98 Å². The number of ether oxygens (including phenoxy) is 1. The molecule has 2 heterocycles. The van der Waals surface area contributed by atoms with Gasteiger partial charge in [-0.1, -0.05) is 12.1 Å². The Labute approximate surface area is 112 Å². The van der Waals surface area contributed by atoms with Crippen molar-refractivity contribution < 1.29 is 9.15 Å². The Bertz CT molecular complexity index is 807. The monoisotopic (exact) mass is 274 g/mol. The van der Waals surface area contributed by atoms with Crippen molar-refractivity contribution in [3.05, 3.63) is 40.1 Å². The van der Waals surface area contributed by atoms with Gasteiger partial charge in [0.15, 0.2) is 16.5 Å². The number of rotatable bonds is 2. The topological polar surface area (TPSA) is 78.4 Å². The van der Waals surface area contributed by atoms with Crippen molar-refractivity contribution in [2.24, 2.45) is 0 Å². The normalized spacial score (nSPS) is 10.8. The van der Waals surface area contributed by atoms with E-state index >= 15 is 0 Å². The van der Waals surface area contributed by atoms with E-state index in [0.29, 0.717) is 27.7 Å². The SMILES string of the molecule is COc1cccc2cc(-c3csc(N)n3)c(=O)oc12. The maximum atomic E-state index is 12.0. The Hall–Kier alpha value is -2.34. The van der Waals surface area contributed by atoms with Crippen molar-refractivity contribution >= 4 is 27.4 Å².